The van der Waals surface area contributed by atoms with Crippen LogP contribution in [0.5, 0.6) is 11.5 Å². The highest BCUT2D eigenvalue weighted by Crippen LogP contribution is 2.44. The number of aromatic nitrogens is 1. The number of carbonyl (C=O) groups is 1. The zero-order valence-corrected chi connectivity index (χ0v) is 17.4. The minimum atomic E-state index is -0.0806. The van der Waals surface area contributed by atoms with Gasteiger partial charge in [-0.1, -0.05) is 35.6 Å². The molecule has 0 aliphatic carbocycles. The van der Waals surface area contributed by atoms with E-state index in [1.54, 1.807) is 18.4 Å². The first kappa shape index (κ1) is 19.3. The number of methoxy groups -OCH3 is 1. The van der Waals surface area contributed by atoms with Gasteiger partial charge in [-0.3, -0.25) is 4.79 Å². The Bertz CT molecular complexity index is 1020. The van der Waals surface area contributed by atoms with E-state index in [4.69, 9.17) is 9.47 Å². The molecule has 1 aliphatic heterocycles. The molecule has 1 amide bonds. The maximum Gasteiger partial charge on any atom is 0.226 e. The van der Waals surface area contributed by atoms with Gasteiger partial charge in [-0.25, -0.2) is 4.98 Å². The number of ether oxygens (including phenoxy) is 2. The summed E-state index contributed by atoms with van der Waals surface area (Å²) in [5.74, 6) is 1.86. The van der Waals surface area contributed by atoms with E-state index in [9.17, 15) is 4.79 Å². The minimum absolute atomic E-state index is 0.0226. The minimum Gasteiger partial charge on any atom is -0.493 e. The molecule has 0 saturated heterocycles. The van der Waals surface area contributed by atoms with Crippen LogP contribution < -0.4 is 20.1 Å². The lowest BCUT2D eigenvalue weighted by molar-refractivity contribution is -0.116. The summed E-state index contributed by atoms with van der Waals surface area (Å²) in [6.45, 7) is 3.95. The lowest BCUT2D eigenvalue weighted by atomic mass is 9.91. The second-order valence-corrected chi connectivity index (χ2v) is 8.14. The molecule has 2 aromatic carbocycles. The van der Waals surface area contributed by atoms with Gasteiger partial charge in [0.15, 0.2) is 16.6 Å². The Hall–Kier alpha value is -3.06. The van der Waals surface area contributed by atoms with Gasteiger partial charge in [0.25, 0.3) is 0 Å². The monoisotopic (exact) mass is 409 g/mol. The summed E-state index contributed by atoms with van der Waals surface area (Å²) in [7, 11) is 1.62. The average molecular weight is 410 g/mol. The molecule has 150 valence electrons. The number of hydrogen-bond donors (Lipinski definition) is 2. The van der Waals surface area contributed by atoms with Crippen LogP contribution in [0.2, 0.25) is 0 Å². The van der Waals surface area contributed by atoms with Crippen LogP contribution in [0.25, 0.3) is 0 Å². The van der Waals surface area contributed by atoms with Crippen molar-refractivity contribution in [2.24, 2.45) is 0 Å². The van der Waals surface area contributed by atoms with Gasteiger partial charge in [-0.15, -0.1) is 0 Å². The van der Waals surface area contributed by atoms with Crippen molar-refractivity contribution >= 4 is 33.9 Å². The van der Waals surface area contributed by atoms with Crippen LogP contribution in [-0.2, 0) is 4.79 Å². The summed E-state index contributed by atoms with van der Waals surface area (Å²) in [6.07, 6.45) is 0.391. The van der Waals surface area contributed by atoms with Crippen molar-refractivity contribution in [3.8, 4) is 11.5 Å². The molecule has 2 N–H and O–H groups in total. The lowest BCUT2D eigenvalue weighted by Crippen LogP contribution is -2.22. The van der Waals surface area contributed by atoms with Crippen LogP contribution >= 0.6 is 11.3 Å². The average Bonchev–Trinajstić information content (AvgIpc) is 3.09. The van der Waals surface area contributed by atoms with Gasteiger partial charge >= 0.3 is 0 Å². The number of fused-ring (bicyclic) bond motifs is 1. The molecule has 0 unspecified atom stereocenters. The second-order valence-electron chi connectivity index (χ2n) is 7.10. The Morgan fingerprint density at radius 2 is 1.97 bits per heavy atom. The number of anilines is 3. The van der Waals surface area contributed by atoms with Crippen molar-refractivity contribution in [1.29, 1.82) is 0 Å². The maximum atomic E-state index is 12.3. The molecule has 4 rings (SSSR count). The van der Waals surface area contributed by atoms with Gasteiger partial charge in [0.1, 0.15) is 5.82 Å². The van der Waals surface area contributed by atoms with E-state index >= 15 is 0 Å². The molecule has 6 nitrogen and oxygen atoms in total. The third-order valence-corrected chi connectivity index (χ3v) is 5.68. The highest BCUT2D eigenvalue weighted by molar-refractivity contribution is 7.16. The molecule has 0 fully saturated rings. The fourth-order valence-electron chi connectivity index (χ4n) is 3.34. The third-order valence-electron chi connectivity index (χ3n) is 4.59. The molecule has 0 radical (unpaired) electrons. The van der Waals surface area contributed by atoms with Gasteiger partial charge in [0.2, 0.25) is 5.91 Å². The number of nitrogens with zero attached hydrogens (tertiary/aromatic N) is 1. The van der Waals surface area contributed by atoms with E-state index in [-0.39, 0.29) is 17.9 Å². The van der Waals surface area contributed by atoms with Crippen LogP contribution in [-0.4, -0.2) is 24.1 Å². The van der Waals surface area contributed by atoms with E-state index in [0.29, 0.717) is 23.7 Å². The Balaban J connectivity index is 1.68. The Morgan fingerprint density at radius 3 is 2.69 bits per heavy atom. The maximum absolute atomic E-state index is 12.3. The van der Waals surface area contributed by atoms with Crippen molar-refractivity contribution < 1.29 is 14.3 Å². The molecular formula is C22H23N3O3S. The fourth-order valence-corrected chi connectivity index (χ4v) is 4.41. The van der Waals surface area contributed by atoms with E-state index in [1.807, 2.05) is 62.4 Å². The molecular weight excluding hydrogens is 386 g/mol. The lowest BCUT2D eigenvalue weighted by Gasteiger charge is -2.23. The Labute approximate surface area is 173 Å². The molecule has 7 heteroatoms. The number of carbonyl (C=O) groups excluding carboxylic acids is 1. The SMILES string of the molecule is COc1ccc([C@H]2CC(=O)Nc3nc(Nc4ccccc4)sc32)cc1OC(C)C. The van der Waals surface area contributed by atoms with Gasteiger partial charge in [0, 0.05) is 18.0 Å². The van der Waals surface area contributed by atoms with Gasteiger partial charge in [-0.05, 0) is 43.7 Å². The Morgan fingerprint density at radius 1 is 1.17 bits per heavy atom. The predicted molar refractivity (Wildman–Crippen MR) is 116 cm³/mol. The summed E-state index contributed by atoms with van der Waals surface area (Å²) in [6, 6.07) is 15.7. The normalized spacial score (nSPS) is 15.6. The summed E-state index contributed by atoms with van der Waals surface area (Å²) in [5, 5.41) is 6.97. The van der Waals surface area contributed by atoms with Gasteiger partial charge in [0.05, 0.1) is 18.1 Å². The largest absolute Gasteiger partial charge is 0.493 e. The third kappa shape index (κ3) is 4.19. The topological polar surface area (TPSA) is 72.5 Å². The van der Waals surface area contributed by atoms with Crippen LogP contribution in [0.3, 0.4) is 0 Å². The first-order valence-corrected chi connectivity index (χ1v) is 10.3. The van der Waals surface area contributed by atoms with E-state index in [0.717, 1.165) is 21.3 Å². The van der Waals surface area contributed by atoms with Crippen LogP contribution in [0, 0.1) is 0 Å². The molecule has 2 heterocycles. The number of nitrogens with one attached hydrogen (secondary N) is 2. The molecule has 0 saturated carbocycles. The first-order chi connectivity index (χ1) is 14.0. The quantitative estimate of drug-likeness (QED) is 0.589. The second kappa shape index (κ2) is 8.13. The molecule has 0 spiro atoms. The molecule has 29 heavy (non-hydrogen) atoms. The van der Waals surface area contributed by atoms with Crippen molar-refractivity contribution in [2.75, 3.05) is 17.7 Å². The van der Waals surface area contributed by atoms with Gasteiger partial charge < -0.3 is 20.1 Å². The van der Waals surface area contributed by atoms with Crippen molar-refractivity contribution in [2.45, 2.75) is 32.3 Å². The number of amides is 1. The molecule has 1 aliphatic rings. The zero-order valence-electron chi connectivity index (χ0n) is 16.6. The smallest absolute Gasteiger partial charge is 0.226 e. The molecule has 1 atom stereocenters. The van der Waals surface area contributed by atoms with Crippen LogP contribution in [0.15, 0.2) is 48.5 Å². The predicted octanol–water partition coefficient (Wildman–Crippen LogP) is 5.16. The van der Waals surface area contributed by atoms with E-state index < -0.39 is 0 Å². The number of thiazole rings is 1. The van der Waals surface area contributed by atoms with Gasteiger partial charge in [-0.2, -0.15) is 0 Å². The molecule has 3 aromatic rings. The number of para-hydroxylation sites is 1. The Kier molecular flexibility index (Phi) is 5.40. The number of rotatable bonds is 6. The van der Waals surface area contributed by atoms with Crippen molar-refractivity contribution in [1.82, 2.24) is 4.98 Å². The highest BCUT2D eigenvalue weighted by atomic mass is 32.1. The van der Waals surface area contributed by atoms with Crippen LogP contribution in [0.4, 0.5) is 16.6 Å². The van der Waals surface area contributed by atoms with E-state index in [2.05, 4.69) is 15.6 Å². The van der Waals surface area contributed by atoms with Crippen molar-refractivity contribution in [3.63, 3.8) is 0 Å². The number of benzene rings is 2. The zero-order chi connectivity index (χ0) is 20.4. The molecule has 1 aromatic heterocycles. The van der Waals surface area contributed by atoms with Crippen LogP contribution in [0.1, 0.15) is 36.6 Å². The standard InChI is InChI=1S/C22H23N3O3S/c1-13(2)28-18-11-14(9-10-17(18)27-3)16-12-19(26)24-21-20(16)29-22(25-21)23-15-7-5-4-6-8-15/h4-11,13,16H,12H2,1-3H3,(H,23,25)(H,24,26)/t16-/m1/s1. The highest BCUT2D eigenvalue weighted by Gasteiger charge is 2.31. The molecule has 0 bridgehead atoms. The van der Waals surface area contributed by atoms with Crippen molar-refractivity contribution in [3.05, 3.63) is 59.0 Å². The fraction of sp³-hybridized carbons (Fsp3) is 0.273. The van der Waals surface area contributed by atoms with E-state index in [1.165, 1.54) is 0 Å². The number of hydrogen-bond acceptors (Lipinski definition) is 6. The summed E-state index contributed by atoms with van der Waals surface area (Å²) < 4.78 is 11.3. The summed E-state index contributed by atoms with van der Waals surface area (Å²) in [5.41, 5.74) is 1.96. The summed E-state index contributed by atoms with van der Waals surface area (Å²) >= 11 is 1.56. The first-order valence-electron chi connectivity index (χ1n) is 9.50. The summed E-state index contributed by atoms with van der Waals surface area (Å²) in [4.78, 5) is 18.0.